The van der Waals surface area contributed by atoms with E-state index >= 15 is 0 Å². The van der Waals surface area contributed by atoms with E-state index in [4.69, 9.17) is 4.74 Å². The molecule has 0 saturated heterocycles. The number of anilines is 1. The third kappa shape index (κ3) is 5.04. The molecule has 1 amide bonds. The molecule has 0 unspecified atom stereocenters. The van der Waals surface area contributed by atoms with Crippen LogP contribution in [-0.2, 0) is 10.0 Å². The van der Waals surface area contributed by atoms with Crippen LogP contribution in [0.3, 0.4) is 0 Å². The quantitative estimate of drug-likeness (QED) is 0.793. The highest BCUT2D eigenvalue weighted by atomic mass is 32.2. The van der Waals surface area contributed by atoms with E-state index in [-0.39, 0.29) is 16.7 Å². The van der Waals surface area contributed by atoms with Crippen molar-refractivity contribution >= 4 is 21.6 Å². The number of carbonyl (C=O) groups is 1. The molecular formula is C18H22N2O4S. The smallest absolute Gasteiger partial charge is 0.255 e. The van der Waals surface area contributed by atoms with Gasteiger partial charge in [-0.2, -0.15) is 0 Å². The topological polar surface area (TPSA) is 84.5 Å². The zero-order chi connectivity index (χ0) is 18.4. The minimum absolute atomic E-state index is 0.0670. The van der Waals surface area contributed by atoms with Gasteiger partial charge in [0.05, 0.1) is 17.7 Å². The van der Waals surface area contributed by atoms with Crippen LogP contribution < -0.4 is 14.8 Å². The lowest BCUT2D eigenvalue weighted by Crippen LogP contribution is -2.27. The summed E-state index contributed by atoms with van der Waals surface area (Å²) in [7, 11) is -2.20. The molecular weight excluding hydrogens is 340 g/mol. The zero-order valence-electron chi connectivity index (χ0n) is 14.4. The van der Waals surface area contributed by atoms with Gasteiger partial charge in [-0.3, -0.25) is 4.79 Å². The molecule has 2 N–H and O–H groups in total. The van der Waals surface area contributed by atoms with Crippen molar-refractivity contribution in [1.82, 2.24) is 4.72 Å². The standard InChI is InChI=1S/C18H22N2O4S/c1-13(2)12-19-25(22,23)15-9-10-17(24-3)16(11-15)20-18(21)14-7-5-4-6-8-14/h4-11,13,19H,12H2,1-3H3,(H,20,21). The molecule has 0 aliphatic carbocycles. The van der Waals surface area contributed by atoms with Crippen molar-refractivity contribution < 1.29 is 17.9 Å². The van der Waals surface area contributed by atoms with E-state index in [1.165, 1.54) is 25.3 Å². The van der Waals surface area contributed by atoms with E-state index in [0.29, 0.717) is 23.5 Å². The predicted octanol–water partition coefficient (Wildman–Crippen LogP) is 2.88. The number of benzene rings is 2. The fraction of sp³-hybridized carbons (Fsp3) is 0.278. The summed E-state index contributed by atoms with van der Waals surface area (Å²) in [6.45, 7) is 4.17. The summed E-state index contributed by atoms with van der Waals surface area (Å²) >= 11 is 0. The summed E-state index contributed by atoms with van der Waals surface area (Å²) in [5, 5.41) is 2.70. The van der Waals surface area contributed by atoms with E-state index in [1.54, 1.807) is 24.3 Å². The zero-order valence-corrected chi connectivity index (χ0v) is 15.3. The predicted molar refractivity (Wildman–Crippen MR) is 97.4 cm³/mol. The normalized spacial score (nSPS) is 11.4. The molecule has 0 spiro atoms. The van der Waals surface area contributed by atoms with Crippen LogP contribution in [0.1, 0.15) is 24.2 Å². The molecule has 0 aliphatic heterocycles. The third-order valence-electron chi connectivity index (χ3n) is 3.45. The average Bonchev–Trinajstić information content (AvgIpc) is 2.60. The van der Waals surface area contributed by atoms with E-state index in [2.05, 4.69) is 10.0 Å². The SMILES string of the molecule is COc1ccc(S(=O)(=O)NCC(C)C)cc1NC(=O)c1ccccc1. The van der Waals surface area contributed by atoms with Gasteiger partial charge in [0.1, 0.15) is 5.75 Å². The number of nitrogens with one attached hydrogen (secondary N) is 2. The van der Waals surface area contributed by atoms with Gasteiger partial charge in [-0.05, 0) is 36.2 Å². The van der Waals surface area contributed by atoms with E-state index in [9.17, 15) is 13.2 Å². The molecule has 0 aromatic heterocycles. The molecule has 2 aromatic carbocycles. The van der Waals surface area contributed by atoms with Gasteiger partial charge in [0, 0.05) is 12.1 Å². The summed E-state index contributed by atoms with van der Waals surface area (Å²) in [5.41, 5.74) is 0.763. The maximum atomic E-state index is 12.4. The Hall–Kier alpha value is -2.38. The minimum atomic E-state index is -3.66. The van der Waals surface area contributed by atoms with Gasteiger partial charge in [-0.25, -0.2) is 13.1 Å². The molecule has 0 bridgehead atoms. The Morgan fingerprint density at radius 3 is 2.40 bits per heavy atom. The van der Waals surface area contributed by atoms with Crippen molar-refractivity contribution in [3.63, 3.8) is 0 Å². The first-order valence-electron chi connectivity index (χ1n) is 7.87. The number of amides is 1. The summed E-state index contributed by atoms with van der Waals surface area (Å²) in [6, 6.07) is 13.0. The number of rotatable bonds is 7. The number of hydrogen-bond donors (Lipinski definition) is 2. The van der Waals surface area contributed by atoms with Gasteiger partial charge in [0.15, 0.2) is 0 Å². The highest BCUT2D eigenvalue weighted by Crippen LogP contribution is 2.28. The molecule has 0 heterocycles. The van der Waals surface area contributed by atoms with Gasteiger partial charge < -0.3 is 10.1 Å². The average molecular weight is 362 g/mol. The molecule has 0 saturated carbocycles. The van der Waals surface area contributed by atoms with Gasteiger partial charge in [0.2, 0.25) is 10.0 Å². The van der Waals surface area contributed by atoms with Gasteiger partial charge in [0.25, 0.3) is 5.91 Å². The van der Waals surface area contributed by atoms with Gasteiger partial charge in [-0.1, -0.05) is 32.0 Å². The van der Waals surface area contributed by atoms with Crippen LogP contribution in [0.15, 0.2) is 53.4 Å². The maximum Gasteiger partial charge on any atom is 0.255 e. The van der Waals surface area contributed by atoms with Crippen LogP contribution in [0.4, 0.5) is 5.69 Å². The van der Waals surface area contributed by atoms with Crippen LogP contribution >= 0.6 is 0 Å². The first-order valence-corrected chi connectivity index (χ1v) is 9.36. The minimum Gasteiger partial charge on any atom is -0.495 e. The third-order valence-corrected chi connectivity index (χ3v) is 4.87. The van der Waals surface area contributed by atoms with Gasteiger partial charge in [-0.15, -0.1) is 0 Å². The van der Waals surface area contributed by atoms with Crippen LogP contribution in [0.25, 0.3) is 0 Å². The van der Waals surface area contributed by atoms with Crippen LogP contribution in [-0.4, -0.2) is 28.0 Å². The highest BCUT2D eigenvalue weighted by molar-refractivity contribution is 7.89. The Labute approximate surface area is 148 Å². The van der Waals surface area contributed by atoms with Crippen LogP contribution in [0.5, 0.6) is 5.75 Å². The van der Waals surface area contributed by atoms with Crippen molar-refractivity contribution in [1.29, 1.82) is 0 Å². The largest absolute Gasteiger partial charge is 0.495 e. The van der Waals surface area contributed by atoms with E-state index in [1.807, 2.05) is 19.9 Å². The second kappa shape index (κ2) is 8.13. The van der Waals surface area contributed by atoms with Crippen molar-refractivity contribution in [2.45, 2.75) is 18.7 Å². The number of ether oxygens (including phenoxy) is 1. The Kier molecular flexibility index (Phi) is 6.17. The molecule has 7 heteroatoms. The van der Waals surface area contributed by atoms with Crippen LogP contribution in [0, 0.1) is 5.92 Å². The lowest BCUT2D eigenvalue weighted by molar-refractivity contribution is 0.102. The van der Waals surface area contributed by atoms with Crippen molar-refractivity contribution in [3.05, 3.63) is 54.1 Å². The summed E-state index contributed by atoms with van der Waals surface area (Å²) in [6.07, 6.45) is 0. The van der Waals surface area contributed by atoms with Gasteiger partial charge >= 0.3 is 0 Å². The second-order valence-electron chi connectivity index (χ2n) is 5.93. The number of carbonyl (C=O) groups excluding carboxylic acids is 1. The van der Waals surface area contributed by atoms with Crippen LogP contribution in [0.2, 0.25) is 0 Å². The first kappa shape index (κ1) is 19.0. The van der Waals surface area contributed by atoms with E-state index in [0.717, 1.165) is 0 Å². The first-order chi connectivity index (χ1) is 11.8. The molecule has 6 nitrogen and oxygen atoms in total. The molecule has 0 atom stereocenters. The van der Waals surface area contributed by atoms with Crippen molar-refractivity contribution in [2.24, 2.45) is 5.92 Å². The lowest BCUT2D eigenvalue weighted by atomic mass is 10.2. The fourth-order valence-corrected chi connectivity index (χ4v) is 3.34. The Bertz CT molecular complexity index is 833. The molecule has 0 aliphatic rings. The molecule has 2 aromatic rings. The number of hydrogen-bond acceptors (Lipinski definition) is 4. The maximum absolute atomic E-state index is 12.4. The van der Waals surface area contributed by atoms with Crippen molar-refractivity contribution in [2.75, 3.05) is 19.0 Å². The summed E-state index contributed by atoms with van der Waals surface area (Å²) in [4.78, 5) is 12.4. The highest BCUT2D eigenvalue weighted by Gasteiger charge is 2.18. The number of methoxy groups -OCH3 is 1. The summed E-state index contributed by atoms with van der Waals surface area (Å²) in [5.74, 6) is 0.223. The Balaban J connectivity index is 2.29. The molecule has 0 fully saturated rings. The Morgan fingerprint density at radius 2 is 1.80 bits per heavy atom. The molecule has 25 heavy (non-hydrogen) atoms. The fourth-order valence-electron chi connectivity index (χ4n) is 2.10. The monoisotopic (exact) mass is 362 g/mol. The molecule has 134 valence electrons. The molecule has 0 radical (unpaired) electrons. The van der Waals surface area contributed by atoms with Crippen molar-refractivity contribution in [3.8, 4) is 5.75 Å². The second-order valence-corrected chi connectivity index (χ2v) is 7.69. The molecule has 2 rings (SSSR count). The Morgan fingerprint density at radius 1 is 1.12 bits per heavy atom. The van der Waals surface area contributed by atoms with E-state index < -0.39 is 10.0 Å². The summed E-state index contributed by atoms with van der Waals surface area (Å²) < 4.78 is 32.5. The number of sulfonamides is 1. The lowest BCUT2D eigenvalue weighted by Gasteiger charge is -2.13.